The number of halogens is 2. The number of benzene rings is 1. The number of carboxylic acid groups (broad SMARTS) is 1. The molecule has 0 saturated heterocycles. The average Bonchev–Trinajstić information content (AvgIpc) is 2.38. The summed E-state index contributed by atoms with van der Waals surface area (Å²) in [6, 6.07) is 1.13. The van der Waals surface area contributed by atoms with Crippen molar-refractivity contribution in [2.75, 3.05) is 12.4 Å². The van der Waals surface area contributed by atoms with Crippen LogP contribution in [0.15, 0.2) is 12.1 Å². The minimum absolute atomic E-state index is 0.232. The minimum Gasteiger partial charge on any atom is -0.478 e. The van der Waals surface area contributed by atoms with Gasteiger partial charge in [-0.3, -0.25) is 0 Å². The van der Waals surface area contributed by atoms with Crippen LogP contribution in [0.3, 0.4) is 0 Å². The molecule has 0 fully saturated rings. The Hall–Kier alpha value is -2.18. The lowest BCUT2D eigenvalue weighted by atomic mass is 10.0. The van der Waals surface area contributed by atoms with E-state index in [0.717, 1.165) is 12.1 Å². The van der Waals surface area contributed by atoms with Crippen LogP contribution in [-0.2, 0) is 9.53 Å². The van der Waals surface area contributed by atoms with E-state index in [1.54, 1.807) is 13.8 Å². The first kappa shape index (κ1) is 15.9. The van der Waals surface area contributed by atoms with E-state index in [0.29, 0.717) is 0 Å². The smallest absolute Gasteiger partial charge is 0.338 e. The Morgan fingerprint density at radius 1 is 1.25 bits per heavy atom. The molecule has 0 aliphatic rings. The van der Waals surface area contributed by atoms with E-state index >= 15 is 0 Å². The summed E-state index contributed by atoms with van der Waals surface area (Å²) in [4.78, 5) is 22.2. The van der Waals surface area contributed by atoms with E-state index in [2.05, 4.69) is 10.1 Å². The second-order valence-corrected chi connectivity index (χ2v) is 4.48. The second-order valence-electron chi connectivity index (χ2n) is 4.48. The molecule has 1 rings (SSSR count). The molecule has 0 amide bonds. The molecule has 0 heterocycles. The Kier molecular flexibility index (Phi) is 5.01. The molecule has 1 atom stereocenters. The summed E-state index contributed by atoms with van der Waals surface area (Å²) >= 11 is 0. The van der Waals surface area contributed by atoms with Crippen LogP contribution >= 0.6 is 0 Å². The molecule has 20 heavy (non-hydrogen) atoms. The van der Waals surface area contributed by atoms with Gasteiger partial charge in [-0.25, -0.2) is 18.4 Å². The number of carbonyl (C=O) groups excluding carboxylic acids is 1. The van der Waals surface area contributed by atoms with Crippen LogP contribution in [0.4, 0.5) is 14.5 Å². The highest BCUT2D eigenvalue weighted by molar-refractivity contribution is 5.88. The van der Waals surface area contributed by atoms with Crippen molar-refractivity contribution in [1.29, 1.82) is 0 Å². The van der Waals surface area contributed by atoms with Crippen molar-refractivity contribution in [2.24, 2.45) is 5.92 Å². The molecule has 0 aromatic heterocycles. The van der Waals surface area contributed by atoms with Gasteiger partial charge < -0.3 is 15.2 Å². The summed E-state index contributed by atoms with van der Waals surface area (Å²) in [5.41, 5.74) is -1.07. The molecule has 2 N–H and O–H groups in total. The van der Waals surface area contributed by atoms with Gasteiger partial charge >= 0.3 is 11.9 Å². The lowest BCUT2D eigenvalue weighted by Gasteiger charge is -2.21. The topological polar surface area (TPSA) is 75.6 Å². The van der Waals surface area contributed by atoms with Gasteiger partial charge in [-0.2, -0.15) is 0 Å². The SMILES string of the molecule is COC(=O)C(Nc1ccc(C(=O)O)c(F)c1F)C(C)C. The van der Waals surface area contributed by atoms with Crippen LogP contribution in [-0.4, -0.2) is 30.2 Å². The molecule has 0 aliphatic heterocycles. The Bertz CT molecular complexity index is 531. The number of esters is 1. The largest absolute Gasteiger partial charge is 0.478 e. The van der Waals surface area contributed by atoms with Crippen molar-refractivity contribution >= 4 is 17.6 Å². The first-order chi connectivity index (χ1) is 9.29. The van der Waals surface area contributed by atoms with Crippen molar-refractivity contribution in [3.8, 4) is 0 Å². The predicted molar refractivity (Wildman–Crippen MR) is 67.6 cm³/mol. The average molecular weight is 287 g/mol. The van der Waals surface area contributed by atoms with E-state index in [1.807, 2.05) is 0 Å². The highest BCUT2D eigenvalue weighted by Crippen LogP contribution is 2.23. The molecule has 110 valence electrons. The summed E-state index contributed by atoms with van der Waals surface area (Å²) < 4.78 is 31.9. The van der Waals surface area contributed by atoms with Crippen LogP contribution in [0.5, 0.6) is 0 Å². The van der Waals surface area contributed by atoms with Gasteiger partial charge in [-0.05, 0) is 18.1 Å². The number of rotatable bonds is 5. The molecule has 1 aromatic carbocycles. The summed E-state index contributed by atoms with van der Waals surface area (Å²) in [5, 5.41) is 11.2. The molecule has 5 nitrogen and oxygen atoms in total. The Labute approximate surface area is 114 Å². The van der Waals surface area contributed by atoms with Crippen LogP contribution in [0.1, 0.15) is 24.2 Å². The second kappa shape index (κ2) is 6.31. The fraction of sp³-hybridized carbons (Fsp3) is 0.385. The first-order valence-electron chi connectivity index (χ1n) is 5.85. The molecule has 0 radical (unpaired) electrons. The monoisotopic (exact) mass is 287 g/mol. The molecule has 0 spiro atoms. The third kappa shape index (κ3) is 3.23. The zero-order chi connectivity index (χ0) is 15.4. The highest BCUT2D eigenvalue weighted by Gasteiger charge is 2.26. The van der Waals surface area contributed by atoms with Crippen molar-refractivity contribution in [3.05, 3.63) is 29.3 Å². The summed E-state index contributed by atoms with van der Waals surface area (Å²) in [6.45, 7) is 3.41. The normalized spacial score (nSPS) is 12.1. The number of methoxy groups -OCH3 is 1. The van der Waals surface area contributed by atoms with E-state index in [4.69, 9.17) is 5.11 Å². The lowest BCUT2D eigenvalue weighted by molar-refractivity contribution is -0.142. The number of aromatic carboxylic acids is 1. The van der Waals surface area contributed by atoms with Gasteiger partial charge in [-0.1, -0.05) is 13.8 Å². The number of anilines is 1. The number of nitrogens with one attached hydrogen (secondary N) is 1. The molecule has 0 aliphatic carbocycles. The Morgan fingerprint density at radius 3 is 2.30 bits per heavy atom. The third-order valence-electron chi connectivity index (χ3n) is 2.75. The lowest BCUT2D eigenvalue weighted by Crippen LogP contribution is -2.35. The number of hydrogen-bond acceptors (Lipinski definition) is 4. The summed E-state index contributed by atoms with van der Waals surface area (Å²) in [7, 11) is 1.18. The summed E-state index contributed by atoms with van der Waals surface area (Å²) in [5.74, 6) is -5.25. The van der Waals surface area contributed by atoms with Gasteiger partial charge in [0.1, 0.15) is 6.04 Å². The number of carbonyl (C=O) groups is 2. The maximum absolute atomic E-state index is 13.8. The van der Waals surface area contributed by atoms with E-state index in [9.17, 15) is 18.4 Å². The number of ether oxygens (including phenoxy) is 1. The molecular weight excluding hydrogens is 272 g/mol. The minimum atomic E-state index is -1.57. The van der Waals surface area contributed by atoms with E-state index in [-0.39, 0.29) is 11.6 Å². The Morgan fingerprint density at radius 2 is 1.85 bits per heavy atom. The Balaban J connectivity index is 3.12. The molecule has 1 unspecified atom stereocenters. The fourth-order valence-corrected chi connectivity index (χ4v) is 1.62. The highest BCUT2D eigenvalue weighted by atomic mass is 19.2. The van der Waals surface area contributed by atoms with Gasteiger partial charge in [0.05, 0.1) is 18.4 Å². The van der Waals surface area contributed by atoms with Gasteiger partial charge in [-0.15, -0.1) is 0 Å². The van der Waals surface area contributed by atoms with Gasteiger partial charge in [0.2, 0.25) is 0 Å². The zero-order valence-electron chi connectivity index (χ0n) is 11.2. The standard InChI is InChI=1S/C13H15F2NO4/c1-6(2)11(13(19)20-3)16-8-5-4-7(12(17)18)9(14)10(8)15/h4-6,11,16H,1-3H3,(H,17,18). The predicted octanol–water partition coefficient (Wildman–Crippen LogP) is 2.27. The first-order valence-corrected chi connectivity index (χ1v) is 5.85. The quantitative estimate of drug-likeness (QED) is 0.812. The van der Waals surface area contributed by atoms with Crippen LogP contribution in [0.2, 0.25) is 0 Å². The van der Waals surface area contributed by atoms with E-state index < -0.39 is 35.2 Å². The van der Waals surface area contributed by atoms with Crippen LogP contribution < -0.4 is 5.32 Å². The van der Waals surface area contributed by atoms with Crippen LogP contribution in [0.25, 0.3) is 0 Å². The molecular formula is C13H15F2NO4. The molecule has 0 bridgehead atoms. The maximum atomic E-state index is 13.8. The fourth-order valence-electron chi connectivity index (χ4n) is 1.62. The zero-order valence-corrected chi connectivity index (χ0v) is 11.2. The third-order valence-corrected chi connectivity index (χ3v) is 2.75. The van der Waals surface area contributed by atoms with E-state index in [1.165, 1.54) is 7.11 Å². The summed E-state index contributed by atoms with van der Waals surface area (Å²) in [6.07, 6.45) is 0. The van der Waals surface area contributed by atoms with Crippen LogP contribution in [0, 0.1) is 17.6 Å². The van der Waals surface area contributed by atoms with Gasteiger partial charge in [0.15, 0.2) is 11.6 Å². The van der Waals surface area contributed by atoms with Crippen molar-refractivity contribution in [2.45, 2.75) is 19.9 Å². The molecule has 7 heteroatoms. The molecule has 0 saturated carbocycles. The number of hydrogen-bond donors (Lipinski definition) is 2. The number of carboxylic acids is 1. The van der Waals surface area contributed by atoms with Gasteiger partial charge in [0, 0.05) is 0 Å². The van der Waals surface area contributed by atoms with Gasteiger partial charge in [0.25, 0.3) is 0 Å². The van der Waals surface area contributed by atoms with Crippen molar-refractivity contribution < 1.29 is 28.2 Å². The van der Waals surface area contributed by atoms with Crippen molar-refractivity contribution in [1.82, 2.24) is 0 Å². The van der Waals surface area contributed by atoms with Crippen molar-refractivity contribution in [3.63, 3.8) is 0 Å². The maximum Gasteiger partial charge on any atom is 0.338 e. The molecule has 1 aromatic rings.